The van der Waals surface area contributed by atoms with Crippen LogP contribution in [0.3, 0.4) is 0 Å². The van der Waals surface area contributed by atoms with Crippen LogP contribution in [0.25, 0.3) is 0 Å². The monoisotopic (exact) mass is 366 g/mol. The van der Waals surface area contributed by atoms with Crippen molar-refractivity contribution in [1.82, 2.24) is 15.5 Å². The van der Waals surface area contributed by atoms with Crippen molar-refractivity contribution in [3.63, 3.8) is 0 Å². The van der Waals surface area contributed by atoms with Gasteiger partial charge in [0.05, 0.1) is 12.8 Å². The first kappa shape index (κ1) is 18.3. The summed E-state index contributed by atoms with van der Waals surface area (Å²) in [4.78, 5) is 12.2. The van der Waals surface area contributed by atoms with Crippen molar-refractivity contribution in [3.8, 4) is 5.75 Å². The second-order valence-corrected chi connectivity index (χ2v) is 5.77. The molecule has 0 saturated heterocycles. The smallest absolute Gasteiger partial charge is 0.271 e. The van der Waals surface area contributed by atoms with E-state index in [4.69, 9.17) is 4.74 Å². The maximum Gasteiger partial charge on any atom is 0.271 e. The predicted octanol–water partition coefficient (Wildman–Crippen LogP) is 3.34. The second kappa shape index (κ2) is 8.75. The van der Waals surface area contributed by atoms with E-state index in [-0.39, 0.29) is 11.6 Å². The van der Waals surface area contributed by atoms with Crippen LogP contribution in [-0.4, -0.2) is 29.8 Å². The molecule has 0 bridgehead atoms. The highest BCUT2D eigenvalue weighted by Crippen LogP contribution is 2.17. The zero-order chi connectivity index (χ0) is 19.1. The summed E-state index contributed by atoms with van der Waals surface area (Å²) < 4.78 is 18.8. The standard InChI is InChI=1S/C20H19FN4O2/c1-27-15-6-4-5-14(13-15)11-12-22-20(26)18-9-10-19(25-24-18)23-17-8-3-2-7-16(17)21/h2-10,13H,11-12H2,1H3,(H,22,26)(H,23,25). The van der Waals surface area contributed by atoms with Crippen LogP contribution < -0.4 is 15.4 Å². The third-order valence-electron chi connectivity index (χ3n) is 3.87. The van der Waals surface area contributed by atoms with Gasteiger partial charge in [0.25, 0.3) is 5.91 Å². The van der Waals surface area contributed by atoms with Crippen molar-refractivity contribution in [2.24, 2.45) is 0 Å². The minimum absolute atomic E-state index is 0.194. The molecule has 0 fully saturated rings. The van der Waals surface area contributed by atoms with Gasteiger partial charge in [-0.05, 0) is 48.4 Å². The minimum atomic E-state index is -0.390. The molecule has 3 aromatic rings. The first-order valence-electron chi connectivity index (χ1n) is 8.42. The molecule has 0 radical (unpaired) electrons. The number of ether oxygens (including phenoxy) is 1. The number of nitrogens with one attached hydrogen (secondary N) is 2. The Hall–Kier alpha value is -3.48. The molecule has 2 N–H and O–H groups in total. The zero-order valence-electron chi connectivity index (χ0n) is 14.8. The number of hydrogen-bond acceptors (Lipinski definition) is 5. The van der Waals surface area contributed by atoms with Crippen LogP contribution in [-0.2, 0) is 6.42 Å². The molecule has 0 saturated carbocycles. The number of nitrogens with zero attached hydrogens (tertiary/aromatic N) is 2. The molecule has 2 aromatic carbocycles. The number of amides is 1. The van der Waals surface area contributed by atoms with E-state index in [1.165, 1.54) is 12.1 Å². The largest absolute Gasteiger partial charge is 0.497 e. The first-order valence-corrected chi connectivity index (χ1v) is 8.42. The van der Waals surface area contributed by atoms with Crippen molar-refractivity contribution >= 4 is 17.4 Å². The number of benzene rings is 2. The lowest BCUT2D eigenvalue weighted by atomic mass is 10.1. The number of carbonyl (C=O) groups is 1. The molecule has 1 heterocycles. The Morgan fingerprint density at radius 1 is 1.07 bits per heavy atom. The molecule has 0 atom stereocenters. The molecule has 0 unspecified atom stereocenters. The Balaban J connectivity index is 1.53. The summed E-state index contributed by atoms with van der Waals surface area (Å²) in [6.07, 6.45) is 0.670. The van der Waals surface area contributed by atoms with Gasteiger partial charge in [0.2, 0.25) is 0 Å². The van der Waals surface area contributed by atoms with Crippen LogP contribution in [0.5, 0.6) is 5.75 Å². The van der Waals surface area contributed by atoms with Crippen LogP contribution >= 0.6 is 0 Å². The third kappa shape index (κ3) is 5.01. The highest BCUT2D eigenvalue weighted by atomic mass is 19.1. The number of para-hydroxylation sites is 1. The second-order valence-electron chi connectivity index (χ2n) is 5.77. The highest BCUT2D eigenvalue weighted by Gasteiger charge is 2.09. The molecule has 27 heavy (non-hydrogen) atoms. The van der Waals surface area contributed by atoms with E-state index < -0.39 is 5.82 Å². The summed E-state index contributed by atoms with van der Waals surface area (Å²) >= 11 is 0. The van der Waals surface area contributed by atoms with E-state index in [9.17, 15) is 9.18 Å². The molecule has 0 aliphatic carbocycles. The lowest BCUT2D eigenvalue weighted by Gasteiger charge is -2.08. The Bertz CT molecular complexity index is 916. The zero-order valence-corrected chi connectivity index (χ0v) is 14.8. The number of anilines is 2. The quantitative estimate of drug-likeness (QED) is 0.671. The van der Waals surface area contributed by atoms with Gasteiger partial charge in [0.15, 0.2) is 11.5 Å². The summed E-state index contributed by atoms with van der Waals surface area (Å²) in [5, 5.41) is 13.4. The third-order valence-corrected chi connectivity index (χ3v) is 3.87. The van der Waals surface area contributed by atoms with Gasteiger partial charge in [-0.15, -0.1) is 10.2 Å². The molecule has 1 amide bonds. The van der Waals surface area contributed by atoms with Gasteiger partial charge < -0.3 is 15.4 Å². The summed E-state index contributed by atoms with van der Waals surface area (Å²) in [7, 11) is 1.62. The number of hydrogen-bond donors (Lipinski definition) is 2. The van der Waals surface area contributed by atoms with Gasteiger partial charge in [-0.3, -0.25) is 4.79 Å². The molecule has 1 aromatic heterocycles. The van der Waals surface area contributed by atoms with Gasteiger partial charge in [0, 0.05) is 6.54 Å². The van der Waals surface area contributed by atoms with Crippen molar-refractivity contribution in [2.75, 3.05) is 19.0 Å². The predicted molar refractivity (Wildman–Crippen MR) is 101 cm³/mol. The van der Waals surface area contributed by atoms with Crippen molar-refractivity contribution < 1.29 is 13.9 Å². The Labute approximate surface area is 156 Å². The van der Waals surface area contributed by atoms with Crippen LogP contribution in [0.1, 0.15) is 16.1 Å². The molecular formula is C20H19FN4O2. The van der Waals surface area contributed by atoms with E-state index in [1.54, 1.807) is 31.4 Å². The Morgan fingerprint density at radius 3 is 2.67 bits per heavy atom. The van der Waals surface area contributed by atoms with Crippen LogP contribution in [0.15, 0.2) is 60.7 Å². The van der Waals surface area contributed by atoms with Crippen molar-refractivity contribution in [3.05, 3.63) is 77.7 Å². The van der Waals surface area contributed by atoms with E-state index in [2.05, 4.69) is 20.8 Å². The van der Waals surface area contributed by atoms with Crippen LogP contribution in [0.2, 0.25) is 0 Å². The summed E-state index contributed by atoms with van der Waals surface area (Å²) in [6.45, 7) is 0.461. The maximum absolute atomic E-state index is 13.6. The summed E-state index contributed by atoms with van der Waals surface area (Å²) in [5.74, 6) is 0.428. The summed E-state index contributed by atoms with van der Waals surface area (Å²) in [6, 6.07) is 17.0. The molecule has 6 nitrogen and oxygen atoms in total. The lowest BCUT2D eigenvalue weighted by molar-refractivity contribution is 0.0948. The summed E-state index contributed by atoms with van der Waals surface area (Å²) in [5.41, 5.74) is 1.55. The minimum Gasteiger partial charge on any atom is -0.497 e. The van der Waals surface area contributed by atoms with Crippen LogP contribution in [0, 0.1) is 5.82 Å². The average Bonchev–Trinajstić information content (AvgIpc) is 2.70. The van der Waals surface area contributed by atoms with Gasteiger partial charge in [-0.2, -0.15) is 0 Å². The fraction of sp³-hybridized carbons (Fsp3) is 0.150. The number of rotatable bonds is 7. The van der Waals surface area contributed by atoms with Gasteiger partial charge in [-0.1, -0.05) is 24.3 Å². The van der Waals surface area contributed by atoms with Crippen molar-refractivity contribution in [2.45, 2.75) is 6.42 Å². The number of aromatic nitrogens is 2. The molecular weight excluding hydrogens is 347 g/mol. The topological polar surface area (TPSA) is 76.1 Å². The highest BCUT2D eigenvalue weighted by molar-refractivity contribution is 5.92. The molecule has 138 valence electrons. The lowest BCUT2D eigenvalue weighted by Crippen LogP contribution is -2.26. The number of methoxy groups -OCH3 is 1. The van der Waals surface area contributed by atoms with E-state index >= 15 is 0 Å². The van der Waals surface area contributed by atoms with Gasteiger partial charge >= 0.3 is 0 Å². The van der Waals surface area contributed by atoms with Gasteiger partial charge in [0.1, 0.15) is 11.6 Å². The van der Waals surface area contributed by atoms with E-state index in [1.807, 2.05) is 24.3 Å². The SMILES string of the molecule is COc1cccc(CCNC(=O)c2ccc(Nc3ccccc3F)nn2)c1. The first-order chi connectivity index (χ1) is 13.2. The Kier molecular flexibility index (Phi) is 5.94. The number of halogens is 1. The normalized spacial score (nSPS) is 10.3. The molecule has 0 aliphatic heterocycles. The Morgan fingerprint density at radius 2 is 1.93 bits per heavy atom. The van der Waals surface area contributed by atoms with E-state index in [0.717, 1.165) is 11.3 Å². The average molecular weight is 366 g/mol. The molecule has 7 heteroatoms. The van der Waals surface area contributed by atoms with Crippen molar-refractivity contribution in [1.29, 1.82) is 0 Å². The molecule has 0 spiro atoms. The molecule has 0 aliphatic rings. The van der Waals surface area contributed by atoms with Crippen LogP contribution in [0.4, 0.5) is 15.9 Å². The molecule has 3 rings (SSSR count). The fourth-order valence-electron chi connectivity index (χ4n) is 2.46. The fourth-order valence-corrected chi connectivity index (χ4v) is 2.46. The van der Waals surface area contributed by atoms with Gasteiger partial charge in [-0.25, -0.2) is 4.39 Å². The number of carbonyl (C=O) groups excluding carboxylic acids is 1. The van der Waals surface area contributed by atoms with E-state index in [0.29, 0.717) is 24.5 Å². The maximum atomic E-state index is 13.6.